The first-order valence-corrected chi connectivity index (χ1v) is 7.68. The van der Waals surface area contributed by atoms with Crippen molar-refractivity contribution in [1.82, 2.24) is 4.90 Å². The number of aliphatic hydroxyl groups excluding tert-OH is 1. The van der Waals surface area contributed by atoms with Gasteiger partial charge in [0.15, 0.2) is 5.78 Å². The van der Waals surface area contributed by atoms with Crippen molar-refractivity contribution in [3.8, 4) is 0 Å². The number of rotatable bonds is 5. The van der Waals surface area contributed by atoms with Crippen LogP contribution >= 0.6 is 23.2 Å². The lowest BCUT2D eigenvalue weighted by Gasteiger charge is -2.31. The van der Waals surface area contributed by atoms with E-state index in [0.29, 0.717) is 34.5 Å². The third-order valence-electron chi connectivity index (χ3n) is 3.77. The first-order chi connectivity index (χ1) is 9.61. The number of halogens is 2. The third-order valence-corrected chi connectivity index (χ3v) is 4.59. The Morgan fingerprint density at radius 3 is 2.95 bits per heavy atom. The van der Waals surface area contributed by atoms with E-state index in [4.69, 9.17) is 23.2 Å². The second-order valence-electron chi connectivity index (χ2n) is 5.27. The predicted octanol–water partition coefficient (Wildman–Crippen LogP) is 3.27. The molecule has 0 aromatic heterocycles. The summed E-state index contributed by atoms with van der Waals surface area (Å²) in [4.78, 5) is 14.4. The zero-order valence-electron chi connectivity index (χ0n) is 11.3. The van der Waals surface area contributed by atoms with Crippen LogP contribution in [0.15, 0.2) is 18.2 Å². The van der Waals surface area contributed by atoms with E-state index in [1.54, 1.807) is 18.2 Å². The van der Waals surface area contributed by atoms with Gasteiger partial charge in [0.1, 0.15) is 0 Å². The summed E-state index contributed by atoms with van der Waals surface area (Å²) >= 11 is 12.0. The van der Waals surface area contributed by atoms with Crippen LogP contribution in [0.1, 0.15) is 29.6 Å². The molecule has 0 spiro atoms. The molecule has 1 aromatic carbocycles. The summed E-state index contributed by atoms with van der Waals surface area (Å²) in [5.74, 6) is 0.359. The van der Waals surface area contributed by atoms with Crippen molar-refractivity contribution in [3.63, 3.8) is 0 Å². The molecule has 0 amide bonds. The van der Waals surface area contributed by atoms with E-state index in [2.05, 4.69) is 4.90 Å². The van der Waals surface area contributed by atoms with Crippen LogP contribution in [0, 0.1) is 5.92 Å². The minimum absolute atomic E-state index is 0.0172. The van der Waals surface area contributed by atoms with E-state index in [1.807, 2.05) is 0 Å². The second kappa shape index (κ2) is 7.41. The maximum atomic E-state index is 12.2. The topological polar surface area (TPSA) is 40.5 Å². The Balaban J connectivity index is 1.90. The number of Topliss-reactive ketones (excluding diaryl/α,β-unsaturated/α-hetero) is 1. The Bertz CT molecular complexity index is 479. The van der Waals surface area contributed by atoms with Crippen molar-refractivity contribution in [2.45, 2.75) is 19.3 Å². The Morgan fingerprint density at radius 2 is 2.20 bits per heavy atom. The molecule has 0 aliphatic carbocycles. The molecular weight excluding hydrogens is 297 g/mol. The van der Waals surface area contributed by atoms with Crippen LogP contribution in [0.25, 0.3) is 0 Å². The number of hydrogen-bond acceptors (Lipinski definition) is 3. The SMILES string of the molecule is O=C(CCN1CCCC(CO)C1)c1cccc(Cl)c1Cl. The molecule has 20 heavy (non-hydrogen) atoms. The highest BCUT2D eigenvalue weighted by atomic mass is 35.5. The van der Waals surface area contributed by atoms with Crippen molar-refractivity contribution < 1.29 is 9.90 Å². The molecule has 1 aliphatic heterocycles. The van der Waals surface area contributed by atoms with Crippen molar-refractivity contribution in [2.75, 3.05) is 26.2 Å². The minimum Gasteiger partial charge on any atom is -0.396 e. The van der Waals surface area contributed by atoms with Gasteiger partial charge in [0.25, 0.3) is 0 Å². The van der Waals surface area contributed by atoms with Gasteiger partial charge < -0.3 is 10.0 Å². The highest BCUT2D eigenvalue weighted by molar-refractivity contribution is 6.43. The monoisotopic (exact) mass is 315 g/mol. The van der Waals surface area contributed by atoms with Crippen LogP contribution in [0.4, 0.5) is 0 Å². The molecule has 0 saturated carbocycles. The Kier molecular flexibility index (Phi) is 5.85. The van der Waals surface area contributed by atoms with Gasteiger partial charge in [-0.2, -0.15) is 0 Å². The summed E-state index contributed by atoms with van der Waals surface area (Å²) in [6.07, 6.45) is 2.58. The molecule has 1 saturated heterocycles. The lowest BCUT2D eigenvalue weighted by molar-refractivity contribution is 0.0917. The number of aliphatic hydroxyl groups is 1. The number of piperidine rings is 1. The zero-order valence-corrected chi connectivity index (χ0v) is 12.8. The molecular formula is C15H19Cl2NO2. The minimum atomic E-state index is 0.0172. The molecule has 1 aliphatic rings. The molecule has 1 fully saturated rings. The largest absolute Gasteiger partial charge is 0.396 e. The number of nitrogens with zero attached hydrogens (tertiary/aromatic N) is 1. The number of hydrogen-bond donors (Lipinski definition) is 1. The van der Waals surface area contributed by atoms with E-state index in [9.17, 15) is 9.90 Å². The Labute approximate surface area is 129 Å². The van der Waals surface area contributed by atoms with Crippen molar-refractivity contribution in [3.05, 3.63) is 33.8 Å². The lowest BCUT2D eigenvalue weighted by Crippen LogP contribution is -2.37. The van der Waals surface area contributed by atoms with Gasteiger partial charge in [0.2, 0.25) is 0 Å². The van der Waals surface area contributed by atoms with Gasteiger partial charge in [0, 0.05) is 31.7 Å². The standard InChI is InChI=1S/C15H19Cl2NO2/c16-13-5-1-4-12(15(13)17)14(20)6-8-18-7-2-3-11(9-18)10-19/h1,4-5,11,19H,2-3,6-10H2. The normalized spacial score (nSPS) is 20.1. The molecule has 1 atom stereocenters. The maximum Gasteiger partial charge on any atom is 0.165 e. The second-order valence-corrected chi connectivity index (χ2v) is 6.05. The van der Waals surface area contributed by atoms with Gasteiger partial charge in [0.05, 0.1) is 10.0 Å². The molecule has 5 heteroatoms. The van der Waals surface area contributed by atoms with Gasteiger partial charge in [-0.15, -0.1) is 0 Å². The molecule has 1 heterocycles. The van der Waals surface area contributed by atoms with Gasteiger partial charge in [-0.25, -0.2) is 0 Å². The lowest BCUT2D eigenvalue weighted by atomic mass is 9.98. The van der Waals surface area contributed by atoms with E-state index in [0.717, 1.165) is 25.9 Å². The first kappa shape index (κ1) is 15.8. The van der Waals surface area contributed by atoms with E-state index < -0.39 is 0 Å². The average Bonchev–Trinajstić information content (AvgIpc) is 2.48. The number of carbonyl (C=O) groups is 1. The van der Waals surface area contributed by atoms with Crippen molar-refractivity contribution in [2.24, 2.45) is 5.92 Å². The first-order valence-electron chi connectivity index (χ1n) is 6.92. The van der Waals surface area contributed by atoms with Crippen LogP contribution in [0.2, 0.25) is 10.0 Å². The van der Waals surface area contributed by atoms with Gasteiger partial charge in [-0.3, -0.25) is 4.79 Å². The highest BCUT2D eigenvalue weighted by Gasteiger charge is 2.20. The highest BCUT2D eigenvalue weighted by Crippen LogP contribution is 2.26. The smallest absolute Gasteiger partial charge is 0.165 e. The van der Waals surface area contributed by atoms with Crippen LogP contribution in [-0.4, -0.2) is 42.0 Å². The quantitative estimate of drug-likeness (QED) is 0.848. The average molecular weight is 316 g/mol. The van der Waals surface area contributed by atoms with E-state index >= 15 is 0 Å². The maximum absolute atomic E-state index is 12.2. The fourth-order valence-electron chi connectivity index (χ4n) is 2.62. The Morgan fingerprint density at radius 1 is 1.40 bits per heavy atom. The predicted molar refractivity (Wildman–Crippen MR) is 81.7 cm³/mol. The summed E-state index contributed by atoms with van der Waals surface area (Å²) in [5.41, 5.74) is 0.495. The molecule has 1 unspecified atom stereocenters. The van der Waals surface area contributed by atoms with Gasteiger partial charge in [-0.1, -0.05) is 29.3 Å². The fourth-order valence-corrected chi connectivity index (χ4v) is 3.02. The summed E-state index contributed by atoms with van der Waals surface area (Å²) in [7, 11) is 0. The molecule has 1 N–H and O–H groups in total. The van der Waals surface area contributed by atoms with Crippen LogP contribution in [-0.2, 0) is 0 Å². The zero-order chi connectivity index (χ0) is 14.5. The summed E-state index contributed by atoms with van der Waals surface area (Å²) in [6.45, 7) is 2.79. The van der Waals surface area contributed by atoms with E-state index in [-0.39, 0.29) is 12.4 Å². The summed E-state index contributed by atoms with van der Waals surface area (Å²) < 4.78 is 0. The number of benzene rings is 1. The summed E-state index contributed by atoms with van der Waals surface area (Å²) in [6, 6.07) is 5.13. The fraction of sp³-hybridized carbons (Fsp3) is 0.533. The Hall–Kier alpha value is -0.610. The summed E-state index contributed by atoms with van der Waals surface area (Å²) in [5, 5.41) is 9.96. The van der Waals surface area contributed by atoms with Crippen molar-refractivity contribution in [1.29, 1.82) is 0 Å². The van der Waals surface area contributed by atoms with Crippen LogP contribution < -0.4 is 0 Å². The molecule has 3 nitrogen and oxygen atoms in total. The number of ketones is 1. The van der Waals surface area contributed by atoms with Crippen LogP contribution in [0.5, 0.6) is 0 Å². The number of carbonyl (C=O) groups excluding carboxylic acids is 1. The molecule has 0 bridgehead atoms. The van der Waals surface area contributed by atoms with Gasteiger partial charge in [-0.05, 0) is 37.4 Å². The van der Waals surface area contributed by atoms with E-state index in [1.165, 1.54) is 0 Å². The molecule has 1 aromatic rings. The third kappa shape index (κ3) is 3.95. The van der Waals surface area contributed by atoms with Gasteiger partial charge >= 0.3 is 0 Å². The van der Waals surface area contributed by atoms with Crippen molar-refractivity contribution >= 4 is 29.0 Å². The molecule has 110 valence electrons. The number of likely N-dealkylation sites (tertiary alicyclic amines) is 1. The molecule has 2 rings (SSSR count). The van der Waals surface area contributed by atoms with Crippen LogP contribution in [0.3, 0.4) is 0 Å². The molecule has 0 radical (unpaired) electrons.